The molecule has 0 aliphatic carbocycles. The highest BCUT2D eigenvalue weighted by Gasteiger charge is 2.25. The maximum atomic E-state index is 12.0. The fraction of sp³-hybridized carbons (Fsp3) is 0.944. The van der Waals surface area contributed by atoms with Crippen LogP contribution in [-0.2, 0) is 4.74 Å². The fourth-order valence-electron chi connectivity index (χ4n) is 2.85. The van der Waals surface area contributed by atoms with Crippen LogP contribution in [0, 0.1) is 5.92 Å². The number of nitrogens with zero attached hydrogens (tertiary/aromatic N) is 2. The van der Waals surface area contributed by atoms with Gasteiger partial charge in [0.05, 0.1) is 0 Å². The van der Waals surface area contributed by atoms with Gasteiger partial charge in [0.25, 0.3) is 0 Å². The van der Waals surface area contributed by atoms with Crippen molar-refractivity contribution >= 4 is 6.09 Å². The van der Waals surface area contributed by atoms with Crippen molar-refractivity contribution in [2.75, 3.05) is 45.8 Å². The van der Waals surface area contributed by atoms with Crippen molar-refractivity contribution in [3.8, 4) is 0 Å². The van der Waals surface area contributed by atoms with Gasteiger partial charge in [0, 0.05) is 26.2 Å². The van der Waals surface area contributed by atoms with Gasteiger partial charge in [0.15, 0.2) is 0 Å². The molecule has 0 aromatic rings. The van der Waals surface area contributed by atoms with Crippen molar-refractivity contribution in [2.24, 2.45) is 5.92 Å². The summed E-state index contributed by atoms with van der Waals surface area (Å²) < 4.78 is 5.43. The van der Waals surface area contributed by atoms with E-state index in [1.54, 1.807) is 0 Å². The first kappa shape index (κ1) is 20.2. The van der Waals surface area contributed by atoms with Crippen molar-refractivity contribution in [3.63, 3.8) is 0 Å². The Hall–Kier alpha value is -0.810. The molecule has 1 N–H and O–H groups in total. The monoisotopic (exact) mass is 327 g/mol. The normalized spacial score (nSPS) is 18.0. The Bertz CT molecular complexity index is 334. The van der Waals surface area contributed by atoms with Crippen LogP contribution in [0.1, 0.15) is 53.9 Å². The molecule has 1 amide bonds. The molecule has 1 unspecified atom stereocenters. The topological polar surface area (TPSA) is 44.8 Å². The maximum absolute atomic E-state index is 12.0. The Kier molecular flexibility index (Phi) is 8.92. The van der Waals surface area contributed by atoms with Crippen LogP contribution < -0.4 is 5.32 Å². The van der Waals surface area contributed by atoms with Gasteiger partial charge >= 0.3 is 6.09 Å². The number of carbonyl (C=O) groups excluding carboxylic acids is 1. The number of piperazine rings is 1. The highest BCUT2D eigenvalue weighted by atomic mass is 16.6. The summed E-state index contributed by atoms with van der Waals surface area (Å²) in [6.45, 7) is 17.1. The van der Waals surface area contributed by atoms with E-state index in [9.17, 15) is 4.79 Å². The van der Waals surface area contributed by atoms with Gasteiger partial charge in [0.2, 0.25) is 0 Å². The van der Waals surface area contributed by atoms with Crippen LogP contribution >= 0.6 is 0 Å². The van der Waals surface area contributed by atoms with Crippen LogP contribution in [0.3, 0.4) is 0 Å². The van der Waals surface area contributed by atoms with Gasteiger partial charge in [-0.25, -0.2) is 4.79 Å². The third kappa shape index (κ3) is 9.16. The van der Waals surface area contributed by atoms with Crippen LogP contribution in [0.15, 0.2) is 0 Å². The summed E-state index contributed by atoms with van der Waals surface area (Å²) in [7, 11) is 0. The van der Waals surface area contributed by atoms with Gasteiger partial charge in [-0.1, -0.05) is 20.3 Å². The Balaban J connectivity index is 2.09. The molecule has 1 rings (SSSR count). The van der Waals surface area contributed by atoms with E-state index in [0.717, 1.165) is 51.7 Å². The van der Waals surface area contributed by atoms with Gasteiger partial charge in [-0.15, -0.1) is 0 Å². The zero-order valence-corrected chi connectivity index (χ0v) is 15.9. The highest BCUT2D eigenvalue weighted by Crippen LogP contribution is 2.12. The molecule has 0 aromatic carbocycles. The molecule has 5 nitrogen and oxygen atoms in total. The molecule has 0 bridgehead atoms. The Morgan fingerprint density at radius 2 is 1.87 bits per heavy atom. The zero-order valence-electron chi connectivity index (χ0n) is 15.9. The minimum atomic E-state index is -0.408. The number of nitrogens with one attached hydrogen (secondary N) is 1. The van der Waals surface area contributed by atoms with E-state index in [1.807, 2.05) is 25.7 Å². The van der Waals surface area contributed by atoms with Crippen LogP contribution in [-0.4, -0.2) is 67.3 Å². The minimum Gasteiger partial charge on any atom is -0.444 e. The molecular formula is C18H37N3O2. The van der Waals surface area contributed by atoms with Gasteiger partial charge in [0.1, 0.15) is 5.60 Å². The van der Waals surface area contributed by atoms with Crippen LogP contribution in [0.25, 0.3) is 0 Å². The lowest BCUT2D eigenvalue weighted by molar-refractivity contribution is 0.0144. The molecule has 5 heteroatoms. The van der Waals surface area contributed by atoms with E-state index in [2.05, 4.69) is 24.1 Å². The minimum absolute atomic E-state index is 0.177. The number of hydrogen-bond donors (Lipinski definition) is 1. The molecule has 1 aliphatic heterocycles. The molecule has 1 aliphatic rings. The number of rotatable bonds is 8. The molecular weight excluding hydrogens is 290 g/mol. The summed E-state index contributed by atoms with van der Waals surface area (Å²) in [6, 6.07) is 0. The summed E-state index contributed by atoms with van der Waals surface area (Å²) in [6.07, 6.45) is 3.57. The van der Waals surface area contributed by atoms with Crippen molar-refractivity contribution in [3.05, 3.63) is 0 Å². The maximum Gasteiger partial charge on any atom is 0.410 e. The van der Waals surface area contributed by atoms with E-state index in [-0.39, 0.29) is 6.09 Å². The average Bonchev–Trinajstić information content (AvgIpc) is 2.46. The molecule has 1 fully saturated rings. The van der Waals surface area contributed by atoms with E-state index in [1.165, 1.54) is 19.3 Å². The van der Waals surface area contributed by atoms with Gasteiger partial charge in [-0.05, 0) is 59.2 Å². The second kappa shape index (κ2) is 10.1. The number of ether oxygens (including phenoxy) is 1. The van der Waals surface area contributed by atoms with Gasteiger partial charge in [-0.2, -0.15) is 0 Å². The predicted molar refractivity (Wildman–Crippen MR) is 95.8 cm³/mol. The Morgan fingerprint density at radius 3 is 2.43 bits per heavy atom. The van der Waals surface area contributed by atoms with Crippen molar-refractivity contribution in [1.82, 2.24) is 15.1 Å². The molecule has 0 aromatic heterocycles. The summed E-state index contributed by atoms with van der Waals surface area (Å²) >= 11 is 0. The molecule has 1 saturated heterocycles. The smallest absolute Gasteiger partial charge is 0.410 e. The molecule has 1 atom stereocenters. The number of hydrogen-bond acceptors (Lipinski definition) is 4. The predicted octanol–water partition coefficient (Wildman–Crippen LogP) is 2.96. The van der Waals surface area contributed by atoms with Crippen LogP contribution in [0.5, 0.6) is 0 Å². The van der Waals surface area contributed by atoms with E-state index in [4.69, 9.17) is 4.74 Å². The lowest BCUT2D eigenvalue weighted by Crippen LogP contribution is -2.50. The SMILES string of the molecule is CCCC(C)CNCCCN1CCN(C(=O)OC(C)(C)C)CC1. The first-order chi connectivity index (χ1) is 10.8. The second-order valence-electron chi connectivity index (χ2n) is 7.76. The van der Waals surface area contributed by atoms with Crippen LogP contribution in [0.2, 0.25) is 0 Å². The average molecular weight is 328 g/mol. The van der Waals surface area contributed by atoms with Gasteiger partial charge in [-0.3, -0.25) is 4.90 Å². The Morgan fingerprint density at radius 1 is 1.22 bits per heavy atom. The summed E-state index contributed by atoms with van der Waals surface area (Å²) in [4.78, 5) is 16.3. The molecule has 0 saturated carbocycles. The Labute approximate surface area is 142 Å². The standard InChI is InChI=1S/C18H37N3O2/c1-6-8-16(2)15-19-9-7-10-20-11-13-21(14-12-20)17(22)23-18(3,4)5/h16,19H,6-15H2,1-5H3. The molecule has 136 valence electrons. The molecule has 0 spiro atoms. The van der Waals surface area contributed by atoms with Crippen molar-refractivity contribution in [2.45, 2.75) is 59.5 Å². The zero-order chi connectivity index (χ0) is 17.3. The van der Waals surface area contributed by atoms with Crippen molar-refractivity contribution in [1.29, 1.82) is 0 Å². The number of amides is 1. The fourth-order valence-corrected chi connectivity index (χ4v) is 2.85. The van der Waals surface area contributed by atoms with E-state index < -0.39 is 5.60 Å². The van der Waals surface area contributed by atoms with E-state index >= 15 is 0 Å². The molecule has 1 heterocycles. The molecule has 0 radical (unpaired) electrons. The summed E-state index contributed by atoms with van der Waals surface area (Å²) in [5, 5.41) is 3.55. The van der Waals surface area contributed by atoms with E-state index in [0.29, 0.717) is 0 Å². The largest absolute Gasteiger partial charge is 0.444 e. The first-order valence-corrected chi connectivity index (χ1v) is 9.23. The van der Waals surface area contributed by atoms with Crippen molar-refractivity contribution < 1.29 is 9.53 Å². The second-order valence-corrected chi connectivity index (χ2v) is 7.76. The summed E-state index contributed by atoms with van der Waals surface area (Å²) in [5.41, 5.74) is -0.408. The quantitative estimate of drug-likeness (QED) is 0.696. The summed E-state index contributed by atoms with van der Waals surface area (Å²) in [5.74, 6) is 0.775. The van der Waals surface area contributed by atoms with Gasteiger partial charge < -0.3 is 15.0 Å². The first-order valence-electron chi connectivity index (χ1n) is 9.23. The highest BCUT2D eigenvalue weighted by molar-refractivity contribution is 5.68. The third-order valence-electron chi connectivity index (χ3n) is 4.13. The molecule has 23 heavy (non-hydrogen) atoms. The number of carbonyl (C=O) groups is 1. The third-order valence-corrected chi connectivity index (χ3v) is 4.13. The lowest BCUT2D eigenvalue weighted by Gasteiger charge is -2.35. The van der Waals surface area contributed by atoms with Crippen LogP contribution in [0.4, 0.5) is 4.79 Å². The lowest BCUT2D eigenvalue weighted by atomic mass is 10.1.